The van der Waals surface area contributed by atoms with Gasteiger partial charge >= 0.3 is 5.97 Å². The quantitative estimate of drug-likeness (QED) is 0.833. The Balaban J connectivity index is 2.85. The second-order valence-corrected chi connectivity index (χ2v) is 6.07. The fourth-order valence-corrected chi connectivity index (χ4v) is 1.65. The van der Waals surface area contributed by atoms with Gasteiger partial charge in [-0.25, -0.2) is 9.97 Å². The maximum absolute atomic E-state index is 11.0. The molecule has 0 fully saturated rings. The van der Waals surface area contributed by atoms with Crippen LogP contribution in [0.1, 0.15) is 41.0 Å². The third kappa shape index (κ3) is 5.42. The minimum absolute atomic E-state index is 0.0217. The lowest BCUT2D eigenvalue weighted by Crippen LogP contribution is -2.36. The Labute approximate surface area is 119 Å². The van der Waals surface area contributed by atoms with Crippen molar-refractivity contribution >= 4 is 11.8 Å². The van der Waals surface area contributed by atoms with Crippen LogP contribution < -0.4 is 10.1 Å². The van der Waals surface area contributed by atoms with E-state index in [1.165, 1.54) is 6.33 Å². The van der Waals surface area contributed by atoms with Crippen molar-refractivity contribution in [1.29, 1.82) is 0 Å². The third-order valence-electron chi connectivity index (χ3n) is 2.74. The highest BCUT2D eigenvalue weighted by Crippen LogP contribution is 2.25. The lowest BCUT2D eigenvalue weighted by molar-refractivity contribution is -0.137. The Bertz CT molecular complexity index is 455. The number of nitrogens with one attached hydrogen (secondary N) is 1. The summed E-state index contributed by atoms with van der Waals surface area (Å²) in [5.41, 5.74) is -0.206. The molecule has 0 saturated carbocycles. The van der Waals surface area contributed by atoms with Crippen LogP contribution in [0.5, 0.6) is 5.88 Å². The van der Waals surface area contributed by atoms with E-state index in [-0.39, 0.29) is 24.0 Å². The van der Waals surface area contributed by atoms with Gasteiger partial charge in [-0.2, -0.15) is 0 Å². The van der Waals surface area contributed by atoms with Crippen molar-refractivity contribution in [2.75, 3.05) is 5.32 Å². The molecule has 20 heavy (non-hydrogen) atoms. The number of hydrogen-bond acceptors (Lipinski definition) is 5. The number of carbonyl (C=O) groups is 1. The van der Waals surface area contributed by atoms with E-state index in [1.807, 2.05) is 34.6 Å². The molecule has 1 aromatic heterocycles. The van der Waals surface area contributed by atoms with Crippen LogP contribution in [0.15, 0.2) is 12.4 Å². The predicted molar refractivity (Wildman–Crippen MR) is 76.9 cm³/mol. The van der Waals surface area contributed by atoms with Gasteiger partial charge in [0.05, 0.1) is 12.5 Å². The number of carboxylic acid groups (broad SMARTS) is 1. The fourth-order valence-electron chi connectivity index (χ4n) is 1.65. The van der Waals surface area contributed by atoms with E-state index in [1.54, 1.807) is 6.07 Å². The van der Waals surface area contributed by atoms with Crippen LogP contribution in [0.25, 0.3) is 0 Å². The van der Waals surface area contributed by atoms with Crippen molar-refractivity contribution < 1.29 is 14.6 Å². The largest absolute Gasteiger partial charge is 0.481 e. The van der Waals surface area contributed by atoms with Gasteiger partial charge in [0, 0.05) is 12.1 Å². The lowest BCUT2D eigenvalue weighted by atomic mass is 9.85. The van der Waals surface area contributed by atoms with Gasteiger partial charge in [0.2, 0.25) is 5.88 Å². The zero-order valence-electron chi connectivity index (χ0n) is 12.7. The summed E-state index contributed by atoms with van der Waals surface area (Å²) in [5, 5.41) is 12.2. The molecule has 0 bridgehead atoms. The fraction of sp³-hybridized carbons (Fsp3) is 0.643. The van der Waals surface area contributed by atoms with Crippen LogP contribution in [0.4, 0.5) is 5.82 Å². The molecule has 6 nitrogen and oxygen atoms in total. The minimum Gasteiger partial charge on any atom is -0.481 e. The molecular weight excluding hydrogens is 258 g/mol. The molecule has 0 spiro atoms. The van der Waals surface area contributed by atoms with Crippen molar-refractivity contribution in [1.82, 2.24) is 9.97 Å². The zero-order valence-corrected chi connectivity index (χ0v) is 12.7. The third-order valence-corrected chi connectivity index (χ3v) is 2.74. The number of ether oxygens (including phenoxy) is 1. The van der Waals surface area contributed by atoms with Crippen LogP contribution in [0, 0.1) is 5.41 Å². The van der Waals surface area contributed by atoms with Crippen molar-refractivity contribution in [3.8, 4) is 5.88 Å². The minimum atomic E-state index is -0.842. The second-order valence-electron chi connectivity index (χ2n) is 6.07. The summed E-state index contributed by atoms with van der Waals surface area (Å²) in [5.74, 6) is 0.197. The van der Waals surface area contributed by atoms with Crippen LogP contribution in [-0.2, 0) is 4.79 Å². The molecule has 1 atom stereocenters. The number of aromatic nitrogens is 2. The molecule has 112 valence electrons. The summed E-state index contributed by atoms with van der Waals surface area (Å²) in [6.45, 7) is 9.79. The standard InChI is InChI=1S/C14H23N3O3/c1-9(2)20-12-7-11(15-8-16-12)17-10(6-13(18)19)14(3,4)5/h7-10H,6H2,1-5H3,(H,18,19)(H,15,16,17). The number of nitrogens with zero attached hydrogens (tertiary/aromatic N) is 2. The van der Waals surface area contributed by atoms with Crippen LogP contribution >= 0.6 is 0 Å². The summed E-state index contributed by atoms with van der Waals surface area (Å²) < 4.78 is 5.50. The molecule has 6 heteroatoms. The Kier molecular flexibility index (Phi) is 5.30. The van der Waals surface area contributed by atoms with Gasteiger partial charge in [-0.1, -0.05) is 20.8 Å². The molecule has 1 rings (SSSR count). The van der Waals surface area contributed by atoms with Crippen molar-refractivity contribution in [2.24, 2.45) is 5.41 Å². The van der Waals surface area contributed by atoms with Gasteiger partial charge in [-0.05, 0) is 19.3 Å². The number of rotatable bonds is 6. The van der Waals surface area contributed by atoms with Crippen molar-refractivity contribution in [3.05, 3.63) is 12.4 Å². The highest BCUT2D eigenvalue weighted by atomic mass is 16.5. The summed E-state index contributed by atoms with van der Waals surface area (Å²) in [6.07, 6.45) is 1.45. The van der Waals surface area contributed by atoms with Crippen LogP contribution in [-0.4, -0.2) is 33.2 Å². The molecule has 0 aliphatic rings. The van der Waals surface area contributed by atoms with Crippen LogP contribution in [0.2, 0.25) is 0 Å². The summed E-state index contributed by atoms with van der Waals surface area (Å²) in [4.78, 5) is 19.1. The molecule has 0 aromatic carbocycles. The van der Waals surface area contributed by atoms with Gasteiger partial charge in [0.1, 0.15) is 12.1 Å². The van der Waals surface area contributed by atoms with Crippen molar-refractivity contribution in [2.45, 2.75) is 53.2 Å². The van der Waals surface area contributed by atoms with Gasteiger partial charge in [-0.3, -0.25) is 4.79 Å². The molecule has 1 unspecified atom stereocenters. The van der Waals surface area contributed by atoms with Gasteiger partial charge < -0.3 is 15.2 Å². The highest BCUT2D eigenvalue weighted by Gasteiger charge is 2.27. The SMILES string of the molecule is CC(C)Oc1cc(NC(CC(=O)O)C(C)(C)C)ncn1. The molecule has 0 saturated heterocycles. The first-order valence-electron chi connectivity index (χ1n) is 6.65. The van der Waals surface area contributed by atoms with Crippen molar-refractivity contribution in [3.63, 3.8) is 0 Å². The van der Waals surface area contributed by atoms with E-state index in [4.69, 9.17) is 9.84 Å². The second kappa shape index (κ2) is 6.54. The summed E-state index contributed by atoms with van der Waals surface area (Å²) in [6, 6.07) is 1.45. The molecule has 1 heterocycles. The van der Waals surface area contributed by atoms with Gasteiger partial charge in [0.25, 0.3) is 0 Å². The molecular formula is C14H23N3O3. The smallest absolute Gasteiger partial charge is 0.305 e. The monoisotopic (exact) mass is 281 g/mol. The normalized spacial score (nSPS) is 13.1. The average molecular weight is 281 g/mol. The number of anilines is 1. The summed E-state index contributed by atoms with van der Waals surface area (Å²) in [7, 11) is 0. The average Bonchev–Trinajstić information content (AvgIpc) is 2.25. The topological polar surface area (TPSA) is 84.3 Å². The van der Waals surface area contributed by atoms with E-state index in [2.05, 4.69) is 15.3 Å². The molecule has 2 N–H and O–H groups in total. The van der Waals surface area contributed by atoms with E-state index < -0.39 is 5.97 Å². The molecule has 0 radical (unpaired) electrons. The Morgan fingerprint density at radius 1 is 1.40 bits per heavy atom. The Morgan fingerprint density at radius 2 is 2.05 bits per heavy atom. The number of aliphatic carboxylic acids is 1. The predicted octanol–water partition coefficient (Wildman–Crippen LogP) is 2.57. The number of hydrogen-bond donors (Lipinski definition) is 2. The molecule has 0 aliphatic heterocycles. The molecule has 1 aromatic rings. The Hall–Kier alpha value is -1.85. The Morgan fingerprint density at radius 3 is 2.55 bits per heavy atom. The van der Waals surface area contributed by atoms with E-state index in [0.29, 0.717) is 11.7 Å². The first-order valence-corrected chi connectivity index (χ1v) is 6.65. The highest BCUT2D eigenvalue weighted by molar-refractivity contribution is 5.68. The maximum atomic E-state index is 11.0. The maximum Gasteiger partial charge on any atom is 0.305 e. The molecule has 0 amide bonds. The zero-order chi connectivity index (χ0) is 15.3. The van der Waals surface area contributed by atoms with E-state index >= 15 is 0 Å². The summed E-state index contributed by atoms with van der Waals surface area (Å²) >= 11 is 0. The van der Waals surface area contributed by atoms with Gasteiger partial charge in [0.15, 0.2) is 0 Å². The molecule has 0 aliphatic carbocycles. The first kappa shape index (κ1) is 16.2. The first-order chi connectivity index (χ1) is 9.18. The van der Waals surface area contributed by atoms with Crippen LogP contribution in [0.3, 0.4) is 0 Å². The van der Waals surface area contributed by atoms with Gasteiger partial charge in [-0.15, -0.1) is 0 Å². The number of carboxylic acids is 1. The lowest BCUT2D eigenvalue weighted by Gasteiger charge is -2.30. The van der Waals surface area contributed by atoms with E-state index in [9.17, 15) is 4.79 Å². The van der Waals surface area contributed by atoms with E-state index in [0.717, 1.165) is 0 Å².